The second-order valence-electron chi connectivity index (χ2n) is 4.22. The molecule has 5 heteroatoms. The average molecular weight is 251 g/mol. The monoisotopic (exact) mass is 251 g/mol. The van der Waals surface area contributed by atoms with Gasteiger partial charge in [0.1, 0.15) is 0 Å². The molecule has 1 aromatic carbocycles. The maximum absolute atomic E-state index is 13.6. The maximum Gasteiger partial charge on any atom is 0.162 e. The number of hydrogen-bond acceptors (Lipinski definition) is 2. The van der Waals surface area contributed by atoms with Gasteiger partial charge in [0, 0.05) is 13.2 Å². The van der Waals surface area contributed by atoms with Crippen LogP contribution in [-0.4, -0.2) is 16.6 Å². The van der Waals surface area contributed by atoms with Crippen LogP contribution in [0.25, 0.3) is 0 Å². The molecule has 0 spiro atoms. The minimum absolute atomic E-state index is 0.137. The predicted octanol–water partition coefficient (Wildman–Crippen LogP) is 2.20. The third-order valence-electron chi connectivity index (χ3n) is 2.89. The van der Waals surface area contributed by atoms with Crippen molar-refractivity contribution in [1.82, 2.24) is 14.9 Å². The fourth-order valence-corrected chi connectivity index (χ4v) is 1.89. The van der Waals surface area contributed by atoms with Gasteiger partial charge in [-0.25, -0.2) is 13.8 Å². The number of aryl methyl sites for hydroxylation is 1. The fraction of sp³-hybridized carbons (Fsp3) is 0.308. The zero-order valence-corrected chi connectivity index (χ0v) is 10.3. The molecule has 18 heavy (non-hydrogen) atoms. The van der Waals surface area contributed by atoms with Gasteiger partial charge >= 0.3 is 0 Å². The molecule has 0 aliphatic heterocycles. The Balaban J connectivity index is 2.23. The first-order chi connectivity index (χ1) is 8.61. The molecule has 0 radical (unpaired) electrons. The van der Waals surface area contributed by atoms with Gasteiger partial charge in [-0.1, -0.05) is 12.1 Å². The van der Waals surface area contributed by atoms with Crippen molar-refractivity contribution < 1.29 is 8.78 Å². The zero-order valence-electron chi connectivity index (χ0n) is 10.3. The second-order valence-corrected chi connectivity index (χ2v) is 4.22. The van der Waals surface area contributed by atoms with E-state index in [1.54, 1.807) is 19.4 Å². The lowest BCUT2D eigenvalue weighted by atomic mass is 10.0. The summed E-state index contributed by atoms with van der Waals surface area (Å²) in [6, 6.07) is 4.08. The highest BCUT2D eigenvalue weighted by atomic mass is 19.2. The van der Waals surface area contributed by atoms with E-state index in [9.17, 15) is 8.78 Å². The van der Waals surface area contributed by atoms with Crippen LogP contribution in [0.4, 0.5) is 8.78 Å². The summed E-state index contributed by atoms with van der Waals surface area (Å²) in [5, 5.41) is 3.06. The van der Waals surface area contributed by atoms with Crippen molar-refractivity contribution in [2.24, 2.45) is 7.05 Å². The lowest BCUT2D eigenvalue weighted by molar-refractivity contribution is 0.485. The summed E-state index contributed by atoms with van der Waals surface area (Å²) in [5.74, 6) is -1.60. The van der Waals surface area contributed by atoms with Crippen LogP contribution >= 0.6 is 0 Å². The summed E-state index contributed by atoms with van der Waals surface area (Å²) in [6.07, 6.45) is 3.90. The smallest absolute Gasteiger partial charge is 0.162 e. The number of aromatic nitrogens is 2. The molecule has 96 valence electrons. The van der Waals surface area contributed by atoms with Gasteiger partial charge in [-0.15, -0.1) is 0 Å². The van der Waals surface area contributed by atoms with Gasteiger partial charge in [0.05, 0.1) is 18.1 Å². The molecule has 0 saturated carbocycles. The highest BCUT2D eigenvalue weighted by Crippen LogP contribution is 2.19. The van der Waals surface area contributed by atoms with Crippen LogP contribution in [0, 0.1) is 11.6 Å². The van der Waals surface area contributed by atoms with Gasteiger partial charge in [0.25, 0.3) is 0 Å². The molecule has 0 aliphatic rings. The van der Waals surface area contributed by atoms with Crippen molar-refractivity contribution in [1.29, 1.82) is 0 Å². The number of imidazole rings is 1. The molecule has 3 nitrogen and oxygen atoms in total. The Morgan fingerprint density at radius 2 is 2.17 bits per heavy atom. The van der Waals surface area contributed by atoms with Crippen molar-refractivity contribution in [3.8, 4) is 0 Å². The molecule has 0 fully saturated rings. The number of likely N-dealkylation sites (N-methyl/N-ethyl adjacent to an activating group) is 1. The molecule has 1 N–H and O–H groups in total. The topological polar surface area (TPSA) is 29.9 Å². The van der Waals surface area contributed by atoms with Crippen LogP contribution in [0.2, 0.25) is 0 Å². The Morgan fingerprint density at radius 1 is 1.39 bits per heavy atom. The number of nitrogens with zero attached hydrogens (tertiary/aromatic N) is 2. The second kappa shape index (κ2) is 5.27. The van der Waals surface area contributed by atoms with Gasteiger partial charge in [0.2, 0.25) is 0 Å². The molecular weight excluding hydrogens is 236 g/mol. The summed E-state index contributed by atoms with van der Waals surface area (Å²) >= 11 is 0. The van der Waals surface area contributed by atoms with Crippen LogP contribution in [-0.2, 0) is 13.5 Å². The first kappa shape index (κ1) is 12.7. The average Bonchev–Trinajstić information content (AvgIpc) is 2.78. The fourth-order valence-electron chi connectivity index (χ4n) is 1.89. The largest absolute Gasteiger partial charge is 0.340 e. The minimum atomic E-state index is -0.816. The van der Waals surface area contributed by atoms with E-state index in [4.69, 9.17) is 0 Å². The number of benzene rings is 1. The minimum Gasteiger partial charge on any atom is -0.340 e. The highest BCUT2D eigenvalue weighted by Gasteiger charge is 2.16. The summed E-state index contributed by atoms with van der Waals surface area (Å²) in [4.78, 5) is 4.22. The lowest BCUT2D eigenvalue weighted by Gasteiger charge is -2.14. The standard InChI is InChI=1S/C13H15F2N3/c1-16-11(12-7-18(2)8-17-12)6-9-4-3-5-10(14)13(9)15/h3-5,7-8,11,16H,6H2,1-2H3. The van der Waals surface area contributed by atoms with Crippen LogP contribution in [0.3, 0.4) is 0 Å². The summed E-state index contributed by atoms with van der Waals surface area (Å²) in [6.45, 7) is 0. The maximum atomic E-state index is 13.6. The molecule has 1 unspecified atom stereocenters. The van der Waals surface area contributed by atoms with Crippen molar-refractivity contribution in [3.63, 3.8) is 0 Å². The van der Waals surface area contributed by atoms with Crippen molar-refractivity contribution in [3.05, 3.63) is 53.6 Å². The van der Waals surface area contributed by atoms with E-state index in [0.717, 1.165) is 11.8 Å². The Labute approximate surface area is 104 Å². The van der Waals surface area contributed by atoms with Gasteiger partial charge in [-0.2, -0.15) is 0 Å². The van der Waals surface area contributed by atoms with E-state index in [1.165, 1.54) is 6.07 Å². The van der Waals surface area contributed by atoms with Crippen LogP contribution in [0.15, 0.2) is 30.7 Å². The van der Waals surface area contributed by atoms with Crippen LogP contribution < -0.4 is 5.32 Å². The molecule has 2 aromatic rings. The summed E-state index contributed by atoms with van der Waals surface area (Å²) in [5.41, 5.74) is 1.16. The van der Waals surface area contributed by atoms with Gasteiger partial charge in [-0.3, -0.25) is 0 Å². The molecule has 0 saturated heterocycles. The Hall–Kier alpha value is -1.75. The first-order valence-corrected chi connectivity index (χ1v) is 5.70. The molecule has 2 rings (SSSR count). The van der Waals surface area contributed by atoms with Crippen LogP contribution in [0.1, 0.15) is 17.3 Å². The van der Waals surface area contributed by atoms with Crippen molar-refractivity contribution in [2.45, 2.75) is 12.5 Å². The van der Waals surface area contributed by atoms with E-state index in [2.05, 4.69) is 10.3 Å². The molecule has 1 atom stereocenters. The molecule has 1 heterocycles. The quantitative estimate of drug-likeness (QED) is 0.902. The van der Waals surface area contributed by atoms with Gasteiger partial charge in [-0.05, 0) is 25.1 Å². The molecular formula is C13H15F2N3. The summed E-state index contributed by atoms with van der Waals surface area (Å²) < 4.78 is 28.5. The van der Waals surface area contributed by atoms with E-state index >= 15 is 0 Å². The van der Waals surface area contributed by atoms with Crippen molar-refractivity contribution >= 4 is 0 Å². The SMILES string of the molecule is CNC(Cc1cccc(F)c1F)c1cn(C)cn1. The Bertz CT molecular complexity index is 537. The van der Waals surface area contributed by atoms with Gasteiger partial charge in [0.15, 0.2) is 11.6 Å². The molecule has 1 aromatic heterocycles. The van der Waals surface area contributed by atoms with E-state index in [1.807, 2.05) is 17.8 Å². The Kier molecular flexibility index (Phi) is 3.72. The van der Waals surface area contributed by atoms with Gasteiger partial charge < -0.3 is 9.88 Å². The number of halogens is 2. The van der Waals surface area contributed by atoms with E-state index in [-0.39, 0.29) is 6.04 Å². The third-order valence-corrected chi connectivity index (χ3v) is 2.89. The third kappa shape index (κ3) is 2.56. The van der Waals surface area contributed by atoms with Crippen molar-refractivity contribution in [2.75, 3.05) is 7.05 Å². The predicted molar refractivity (Wildman–Crippen MR) is 65.1 cm³/mol. The zero-order chi connectivity index (χ0) is 13.1. The van der Waals surface area contributed by atoms with E-state index < -0.39 is 11.6 Å². The molecule has 0 amide bonds. The molecule has 0 aliphatic carbocycles. The Morgan fingerprint density at radius 3 is 2.78 bits per heavy atom. The first-order valence-electron chi connectivity index (χ1n) is 5.70. The summed E-state index contributed by atoms with van der Waals surface area (Å²) in [7, 11) is 3.64. The molecule has 0 bridgehead atoms. The normalized spacial score (nSPS) is 12.7. The lowest BCUT2D eigenvalue weighted by Crippen LogP contribution is -2.20. The number of nitrogens with one attached hydrogen (secondary N) is 1. The van der Waals surface area contributed by atoms with E-state index in [0.29, 0.717) is 12.0 Å². The number of hydrogen-bond donors (Lipinski definition) is 1. The van der Waals surface area contributed by atoms with Crippen LogP contribution in [0.5, 0.6) is 0 Å². The number of rotatable bonds is 4. The highest BCUT2D eigenvalue weighted by molar-refractivity contribution is 5.21.